The number of carbonyl (C=O) groups excluding carboxylic acids is 1. The van der Waals surface area contributed by atoms with Crippen LogP contribution in [0.2, 0.25) is 0 Å². The minimum absolute atomic E-state index is 0.194. The minimum atomic E-state index is -1.08. The van der Waals surface area contributed by atoms with Crippen LogP contribution in [-0.2, 0) is 9.53 Å². The second-order valence-corrected chi connectivity index (χ2v) is 2.83. The molecule has 2 atom stereocenters. The van der Waals surface area contributed by atoms with Gasteiger partial charge in [-0.1, -0.05) is 6.92 Å². The largest absolute Gasteiger partial charge is 0.480 e. The fourth-order valence-corrected chi connectivity index (χ4v) is 0.539. The van der Waals surface area contributed by atoms with Crippen molar-refractivity contribution >= 4 is 12.1 Å². The summed E-state index contributed by atoms with van der Waals surface area (Å²) in [5, 5.41) is 10.6. The molecule has 1 amide bonds. The molecule has 2 N–H and O–H groups in total. The lowest BCUT2D eigenvalue weighted by molar-refractivity contribution is -0.138. The summed E-state index contributed by atoms with van der Waals surface area (Å²) in [5.74, 6) is -1.08. The van der Waals surface area contributed by atoms with Crippen LogP contribution in [0, 0.1) is 0 Å². The van der Waals surface area contributed by atoms with Crippen LogP contribution in [0.5, 0.6) is 0 Å². The number of carbonyl (C=O) groups is 2. The molecule has 0 saturated heterocycles. The summed E-state index contributed by atoms with van der Waals surface area (Å²) in [6.07, 6.45) is -0.181. The quantitative estimate of drug-likeness (QED) is 0.691. The highest BCUT2D eigenvalue weighted by Crippen LogP contribution is 1.96. The zero-order chi connectivity index (χ0) is 10.4. The van der Waals surface area contributed by atoms with Gasteiger partial charge in [0.25, 0.3) is 0 Å². The second-order valence-electron chi connectivity index (χ2n) is 2.83. The molecule has 0 spiro atoms. The van der Waals surface area contributed by atoms with E-state index >= 15 is 0 Å². The maximum atomic E-state index is 10.9. The maximum absolute atomic E-state index is 10.9. The summed E-state index contributed by atoms with van der Waals surface area (Å²) in [7, 11) is 0. The molecule has 0 aliphatic heterocycles. The molecule has 5 nitrogen and oxygen atoms in total. The molecule has 0 rings (SSSR count). The van der Waals surface area contributed by atoms with Crippen LogP contribution in [0.1, 0.15) is 27.2 Å². The van der Waals surface area contributed by atoms with Gasteiger partial charge in [0.1, 0.15) is 12.1 Å². The first-order valence-corrected chi connectivity index (χ1v) is 4.17. The van der Waals surface area contributed by atoms with Crippen molar-refractivity contribution in [2.45, 2.75) is 39.3 Å². The zero-order valence-electron chi connectivity index (χ0n) is 8.03. The van der Waals surface area contributed by atoms with Crippen LogP contribution in [0.15, 0.2) is 0 Å². The summed E-state index contributed by atoms with van der Waals surface area (Å²) < 4.78 is 4.81. The Balaban J connectivity index is 3.81. The lowest BCUT2D eigenvalue weighted by Crippen LogP contribution is -2.39. The molecular weight excluding hydrogens is 174 g/mol. The molecule has 0 aliphatic rings. The standard InChI is InChI=1S/C8H15NO4/c1-4-5(2)13-8(12)9-6(3)7(10)11/h5-6H,4H2,1-3H3,(H,9,12)(H,10,11). The van der Waals surface area contributed by atoms with Gasteiger partial charge >= 0.3 is 12.1 Å². The van der Waals surface area contributed by atoms with Crippen molar-refractivity contribution in [3.63, 3.8) is 0 Å². The lowest BCUT2D eigenvalue weighted by atomic mass is 10.3. The highest BCUT2D eigenvalue weighted by Gasteiger charge is 2.15. The predicted molar refractivity (Wildman–Crippen MR) is 46.5 cm³/mol. The molecular formula is C8H15NO4. The topological polar surface area (TPSA) is 75.6 Å². The van der Waals surface area contributed by atoms with Gasteiger partial charge in [-0.05, 0) is 20.3 Å². The lowest BCUT2D eigenvalue weighted by Gasteiger charge is -2.13. The van der Waals surface area contributed by atoms with Crippen molar-refractivity contribution in [3.05, 3.63) is 0 Å². The van der Waals surface area contributed by atoms with Crippen LogP contribution in [0.25, 0.3) is 0 Å². The number of alkyl carbamates (subject to hydrolysis) is 1. The Morgan fingerprint density at radius 3 is 2.38 bits per heavy atom. The number of aliphatic carboxylic acids is 1. The third-order valence-electron chi connectivity index (χ3n) is 1.59. The molecule has 13 heavy (non-hydrogen) atoms. The average molecular weight is 189 g/mol. The first-order valence-electron chi connectivity index (χ1n) is 4.17. The van der Waals surface area contributed by atoms with E-state index in [4.69, 9.17) is 9.84 Å². The molecule has 76 valence electrons. The number of rotatable bonds is 4. The van der Waals surface area contributed by atoms with Gasteiger partial charge in [-0.25, -0.2) is 4.79 Å². The minimum Gasteiger partial charge on any atom is -0.480 e. The SMILES string of the molecule is CCC(C)OC(=O)NC(C)C(=O)O. The Labute approximate surface area is 77.1 Å². The van der Waals surface area contributed by atoms with Gasteiger partial charge in [0.2, 0.25) is 0 Å². The molecule has 0 radical (unpaired) electrons. The molecule has 0 aromatic heterocycles. The van der Waals surface area contributed by atoms with Crippen molar-refractivity contribution < 1.29 is 19.4 Å². The van der Waals surface area contributed by atoms with Crippen molar-refractivity contribution in [1.82, 2.24) is 5.32 Å². The van der Waals surface area contributed by atoms with Gasteiger partial charge in [0.15, 0.2) is 0 Å². The number of amides is 1. The van der Waals surface area contributed by atoms with E-state index in [1.807, 2.05) is 6.92 Å². The van der Waals surface area contributed by atoms with Gasteiger partial charge in [-0.3, -0.25) is 4.79 Å². The molecule has 0 aromatic rings. The second kappa shape index (κ2) is 5.40. The van der Waals surface area contributed by atoms with E-state index in [0.29, 0.717) is 6.42 Å². The first-order chi connectivity index (χ1) is 5.97. The number of hydrogen-bond acceptors (Lipinski definition) is 3. The van der Waals surface area contributed by atoms with Crippen LogP contribution in [-0.4, -0.2) is 29.3 Å². The number of carboxylic acid groups (broad SMARTS) is 1. The van der Waals surface area contributed by atoms with E-state index in [0.717, 1.165) is 0 Å². The Hall–Kier alpha value is -1.26. The average Bonchev–Trinajstić information content (AvgIpc) is 2.03. The van der Waals surface area contributed by atoms with E-state index in [2.05, 4.69) is 5.32 Å². The normalized spacial score (nSPS) is 14.4. The van der Waals surface area contributed by atoms with Crippen molar-refractivity contribution in [1.29, 1.82) is 0 Å². The number of nitrogens with one attached hydrogen (secondary N) is 1. The highest BCUT2D eigenvalue weighted by molar-refractivity contribution is 5.79. The van der Waals surface area contributed by atoms with Gasteiger partial charge in [0.05, 0.1) is 0 Å². The van der Waals surface area contributed by atoms with Gasteiger partial charge in [-0.2, -0.15) is 0 Å². The highest BCUT2D eigenvalue weighted by atomic mass is 16.6. The van der Waals surface area contributed by atoms with E-state index in [9.17, 15) is 9.59 Å². The molecule has 5 heteroatoms. The summed E-state index contributed by atoms with van der Waals surface area (Å²) in [6.45, 7) is 4.99. The third kappa shape index (κ3) is 5.05. The van der Waals surface area contributed by atoms with Crippen LogP contribution in [0.3, 0.4) is 0 Å². The summed E-state index contributed by atoms with van der Waals surface area (Å²) in [4.78, 5) is 21.3. The molecule has 0 heterocycles. The van der Waals surface area contributed by atoms with Gasteiger partial charge in [0, 0.05) is 0 Å². The zero-order valence-corrected chi connectivity index (χ0v) is 8.03. The van der Waals surface area contributed by atoms with Crippen LogP contribution in [0.4, 0.5) is 4.79 Å². The molecule has 0 aliphatic carbocycles. The third-order valence-corrected chi connectivity index (χ3v) is 1.59. The monoisotopic (exact) mass is 189 g/mol. The molecule has 0 saturated carbocycles. The summed E-state index contributed by atoms with van der Waals surface area (Å²) in [5.41, 5.74) is 0. The molecule has 0 aromatic carbocycles. The molecule has 2 unspecified atom stereocenters. The Morgan fingerprint density at radius 1 is 1.46 bits per heavy atom. The fourth-order valence-electron chi connectivity index (χ4n) is 0.539. The van der Waals surface area contributed by atoms with E-state index in [-0.39, 0.29) is 6.10 Å². The summed E-state index contributed by atoms with van der Waals surface area (Å²) in [6, 6.07) is -0.920. The Morgan fingerprint density at radius 2 is 2.00 bits per heavy atom. The first kappa shape index (κ1) is 11.7. The van der Waals surface area contributed by atoms with Crippen molar-refractivity contribution in [2.75, 3.05) is 0 Å². The van der Waals surface area contributed by atoms with Crippen LogP contribution < -0.4 is 5.32 Å². The van der Waals surface area contributed by atoms with Crippen LogP contribution >= 0.6 is 0 Å². The van der Waals surface area contributed by atoms with E-state index in [1.165, 1.54) is 6.92 Å². The van der Waals surface area contributed by atoms with Gasteiger partial charge < -0.3 is 15.2 Å². The molecule has 0 fully saturated rings. The Kier molecular flexibility index (Phi) is 4.87. The Bertz CT molecular complexity index is 193. The van der Waals surface area contributed by atoms with Gasteiger partial charge in [-0.15, -0.1) is 0 Å². The van der Waals surface area contributed by atoms with E-state index < -0.39 is 18.1 Å². The number of carboxylic acids is 1. The smallest absolute Gasteiger partial charge is 0.408 e. The van der Waals surface area contributed by atoms with E-state index in [1.54, 1.807) is 6.92 Å². The fraction of sp³-hybridized carbons (Fsp3) is 0.750. The maximum Gasteiger partial charge on any atom is 0.408 e. The van der Waals surface area contributed by atoms with Crippen molar-refractivity contribution in [3.8, 4) is 0 Å². The predicted octanol–water partition coefficient (Wildman–Crippen LogP) is 0.984. The number of ether oxygens (including phenoxy) is 1. The summed E-state index contributed by atoms with van der Waals surface area (Å²) >= 11 is 0. The molecule has 0 bridgehead atoms. The van der Waals surface area contributed by atoms with Crippen molar-refractivity contribution in [2.24, 2.45) is 0 Å². The number of hydrogen-bond donors (Lipinski definition) is 2.